The summed E-state index contributed by atoms with van der Waals surface area (Å²) < 4.78 is 16.5. The fourth-order valence-electron chi connectivity index (χ4n) is 3.77. The highest BCUT2D eigenvalue weighted by Crippen LogP contribution is 2.32. The Morgan fingerprint density at radius 3 is 2.75 bits per heavy atom. The number of benzene rings is 1. The number of hydrogen-bond donors (Lipinski definition) is 0. The van der Waals surface area contributed by atoms with Crippen LogP contribution in [0.1, 0.15) is 54.7 Å². The number of aryl methyl sites for hydroxylation is 1. The van der Waals surface area contributed by atoms with Crippen LogP contribution in [0, 0.1) is 5.92 Å². The lowest BCUT2D eigenvalue weighted by Crippen LogP contribution is -2.36. The first-order chi connectivity index (χ1) is 13.7. The first-order valence-corrected chi connectivity index (χ1v) is 10.2. The van der Waals surface area contributed by atoms with Crippen LogP contribution < -0.4 is 9.47 Å². The van der Waals surface area contributed by atoms with Gasteiger partial charge in [0, 0.05) is 17.9 Å². The Balaban J connectivity index is 1.30. The van der Waals surface area contributed by atoms with Crippen molar-refractivity contribution in [2.24, 2.45) is 5.92 Å². The summed E-state index contributed by atoms with van der Waals surface area (Å²) in [5.74, 6) is 3.08. The van der Waals surface area contributed by atoms with Gasteiger partial charge in [-0.2, -0.15) is 4.98 Å². The number of aromatic nitrogens is 2. The largest absolute Gasteiger partial charge is 0.486 e. The van der Waals surface area contributed by atoms with Crippen molar-refractivity contribution in [3.63, 3.8) is 0 Å². The topological polar surface area (TPSA) is 77.7 Å². The van der Waals surface area contributed by atoms with Crippen molar-refractivity contribution in [2.75, 3.05) is 26.3 Å². The molecule has 4 rings (SSSR count). The molecule has 0 N–H and O–H groups in total. The summed E-state index contributed by atoms with van der Waals surface area (Å²) in [5, 5.41) is 4.05. The zero-order valence-electron chi connectivity index (χ0n) is 16.4. The summed E-state index contributed by atoms with van der Waals surface area (Å²) in [6.45, 7) is 5.60. The van der Waals surface area contributed by atoms with Gasteiger partial charge in [-0.15, -0.1) is 0 Å². The maximum absolute atomic E-state index is 12.9. The molecule has 1 fully saturated rings. The fourth-order valence-corrected chi connectivity index (χ4v) is 3.77. The van der Waals surface area contributed by atoms with Crippen LogP contribution in [0.25, 0.3) is 0 Å². The van der Waals surface area contributed by atoms with Crippen molar-refractivity contribution in [2.45, 2.75) is 45.6 Å². The van der Waals surface area contributed by atoms with Crippen molar-refractivity contribution in [1.29, 1.82) is 0 Å². The Kier molecular flexibility index (Phi) is 5.90. The van der Waals surface area contributed by atoms with E-state index in [1.54, 1.807) is 0 Å². The Morgan fingerprint density at radius 1 is 1.18 bits per heavy atom. The molecule has 1 aromatic heterocycles. The van der Waals surface area contributed by atoms with Crippen LogP contribution >= 0.6 is 0 Å². The molecule has 2 aliphatic heterocycles. The third-order valence-electron chi connectivity index (χ3n) is 5.41. The van der Waals surface area contributed by atoms with Crippen LogP contribution in [-0.4, -0.2) is 47.1 Å². The Hall–Kier alpha value is -2.41. The van der Waals surface area contributed by atoms with Crippen LogP contribution in [0.5, 0.6) is 11.5 Å². The Morgan fingerprint density at radius 2 is 1.96 bits per heavy atom. The number of fused-ring (bicyclic) bond motifs is 1. The minimum Gasteiger partial charge on any atom is -0.486 e. The second-order valence-corrected chi connectivity index (χ2v) is 7.48. The molecule has 1 aromatic carbocycles. The van der Waals surface area contributed by atoms with Gasteiger partial charge in [0.05, 0.1) is 6.54 Å². The number of rotatable bonds is 7. The smallest absolute Gasteiger partial charge is 0.240 e. The van der Waals surface area contributed by atoms with E-state index in [1.165, 1.54) is 0 Å². The van der Waals surface area contributed by atoms with Crippen LogP contribution in [0.4, 0.5) is 0 Å². The monoisotopic (exact) mass is 385 g/mol. The van der Waals surface area contributed by atoms with Gasteiger partial charge in [-0.05, 0) is 50.6 Å². The average molecular weight is 385 g/mol. The lowest BCUT2D eigenvalue weighted by atomic mass is 9.88. The van der Waals surface area contributed by atoms with Gasteiger partial charge in [0.15, 0.2) is 23.1 Å². The molecule has 2 aliphatic rings. The van der Waals surface area contributed by atoms with Crippen LogP contribution in [0.2, 0.25) is 0 Å². The van der Waals surface area contributed by atoms with Crippen molar-refractivity contribution < 1.29 is 18.8 Å². The van der Waals surface area contributed by atoms with Crippen LogP contribution in [0.3, 0.4) is 0 Å². The molecule has 28 heavy (non-hydrogen) atoms. The van der Waals surface area contributed by atoms with Gasteiger partial charge in [-0.1, -0.05) is 18.5 Å². The third-order valence-corrected chi connectivity index (χ3v) is 5.41. The number of Topliss-reactive ketones (excluding diaryl/α,β-unsaturated/α-hetero) is 1. The summed E-state index contributed by atoms with van der Waals surface area (Å²) in [7, 11) is 0. The molecule has 150 valence electrons. The summed E-state index contributed by atoms with van der Waals surface area (Å²) >= 11 is 0. The van der Waals surface area contributed by atoms with Crippen molar-refractivity contribution in [1.82, 2.24) is 15.0 Å². The predicted octanol–water partition coefficient (Wildman–Crippen LogP) is 3.28. The quantitative estimate of drug-likeness (QED) is 0.677. The molecule has 2 aromatic rings. The molecule has 0 saturated carbocycles. The van der Waals surface area contributed by atoms with Gasteiger partial charge in [0.25, 0.3) is 0 Å². The number of nitrogens with zero attached hydrogens (tertiary/aromatic N) is 3. The van der Waals surface area contributed by atoms with Gasteiger partial charge in [-0.25, -0.2) is 0 Å². The first kappa shape index (κ1) is 18.9. The molecule has 0 spiro atoms. The highest BCUT2D eigenvalue weighted by atomic mass is 16.6. The number of unbranched alkanes of at least 4 members (excludes halogenated alkanes) is 1. The fraction of sp³-hybridized carbons (Fsp3) is 0.571. The average Bonchev–Trinajstić information content (AvgIpc) is 3.19. The van der Waals surface area contributed by atoms with Crippen LogP contribution in [-0.2, 0) is 13.0 Å². The number of carbonyl (C=O) groups is 1. The molecule has 0 atom stereocenters. The van der Waals surface area contributed by atoms with Gasteiger partial charge in [-0.3, -0.25) is 9.69 Å². The molecule has 3 heterocycles. The van der Waals surface area contributed by atoms with E-state index < -0.39 is 0 Å². The summed E-state index contributed by atoms with van der Waals surface area (Å²) in [6, 6.07) is 5.50. The molecule has 0 aliphatic carbocycles. The van der Waals surface area contributed by atoms with E-state index in [-0.39, 0.29) is 11.7 Å². The van der Waals surface area contributed by atoms with E-state index >= 15 is 0 Å². The molecule has 7 heteroatoms. The zero-order chi connectivity index (χ0) is 19.3. The van der Waals surface area contributed by atoms with Gasteiger partial charge in [0.2, 0.25) is 5.89 Å². The van der Waals surface area contributed by atoms with Crippen LogP contribution in [0.15, 0.2) is 22.7 Å². The molecule has 0 amide bonds. The normalized spacial score (nSPS) is 17.6. The Labute approximate surface area is 165 Å². The number of hydrogen-bond acceptors (Lipinski definition) is 7. The number of ketones is 1. The second-order valence-electron chi connectivity index (χ2n) is 7.48. The molecule has 1 saturated heterocycles. The zero-order valence-corrected chi connectivity index (χ0v) is 16.4. The van der Waals surface area contributed by atoms with E-state index in [1.807, 2.05) is 18.2 Å². The first-order valence-electron chi connectivity index (χ1n) is 10.2. The van der Waals surface area contributed by atoms with E-state index in [4.69, 9.17) is 14.0 Å². The third kappa shape index (κ3) is 4.35. The molecule has 0 radical (unpaired) electrons. The van der Waals surface area contributed by atoms with Gasteiger partial charge < -0.3 is 14.0 Å². The SMILES string of the molecule is CCCCc1noc(CN2CCC(C(=O)c3ccc4c(c3)OCCO4)CC2)n1. The summed E-state index contributed by atoms with van der Waals surface area (Å²) in [4.78, 5) is 19.7. The van der Waals surface area contributed by atoms with Crippen molar-refractivity contribution in [3.8, 4) is 11.5 Å². The van der Waals surface area contributed by atoms with E-state index in [0.717, 1.165) is 56.8 Å². The maximum atomic E-state index is 12.9. The lowest BCUT2D eigenvalue weighted by Gasteiger charge is -2.30. The number of carbonyl (C=O) groups excluding carboxylic acids is 1. The highest BCUT2D eigenvalue weighted by molar-refractivity contribution is 5.98. The molecular formula is C21H27N3O4. The number of ether oxygens (including phenoxy) is 2. The summed E-state index contributed by atoms with van der Waals surface area (Å²) in [6.07, 6.45) is 4.74. The van der Waals surface area contributed by atoms with E-state index in [0.29, 0.717) is 37.0 Å². The maximum Gasteiger partial charge on any atom is 0.240 e. The predicted molar refractivity (Wildman–Crippen MR) is 103 cm³/mol. The van der Waals surface area contributed by atoms with E-state index in [2.05, 4.69) is 22.0 Å². The van der Waals surface area contributed by atoms with Crippen molar-refractivity contribution >= 4 is 5.78 Å². The molecule has 0 unspecified atom stereocenters. The van der Waals surface area contributed by atoms with Gasteiger partial charge in [0.1, 0.15) is 13.2 Å². The number of piperidine rings is 1. The molecular weight excluding hydrogens is 358 g/mol. The lowest BCUT2D eigenvalue weighted by molar-refractivity contribution is 0.0824. The summed E-state index contributed by atoms with van der Waals surface area (Å²) in [5.41, 5.74) is 0.708. The second kappa shape index (κ2) is 8.73. The molecule has 0 bridgehead atoms. The highest BCUT2D eigenvalue weighted by Gasteiger charge is 2.27. The van der Waals surface area contributed by atoms with Gasteiger partial charge >= 0.3 is 0 Å². The standard InChI is InChI=1S/C21H27N3O4/c1-2-3-4-19-22-20(28-23-19)14-24-9-7-15(8-10-24)21(25)16-5-6-17-18(13-16)27-12-11-26-17/h5-6,13,15H,2-4,7-12,14H2,1H3. The minimum absolute atomic E-state index is 0.0432. The van der Waals surface area contributed by atoms with E-state index in [9.17, 15) is 4.79 Å². The minimum atomic E-state index is 0.0432. The Bertz CT molecular complexity index is 812. The molecule has 7 nitrogen and oxygen atoms in total. The number of likely N-dealkylation sites (tertiary alicyclic amines) is 1. The van der Waals surface area contributed by atoms with Crippen molar-refractivity contribution in [3.05, 3.63) is 35.5 Å².